The van der Waals surface area contributed by atoms with Gasteiger partial charge in [-0.2, -0.15) is 11.8 Å². The van der Waals surface area contributed by atoms with E-state index in [9.17, 15) is 0 Å². The van der Waals surface area contributed by atoms with Crippen LogP contribution in [-0.4, -0.2) is 18.1 Å². The number of aryl methyl sites for hydroxylation is 1. The Labute approximate surface area is 114 Å². The number of benzene rings is 1. The van der Waals surface area contributed by atoms with Gasteiger partial charge >= 0.3 is 0 Å². The van der Waals surface area contributed by atoms with Crippen molar-refractivity contribution in [3.63, 3.8) is 0 Å². The van der Waals surface area contributed by atoms with E-state index in [0.29, 0.717) is 6.04 Å². The fourth-order valence-electron chi connectivity index (χ4n) is 1.69. The standard InChI is InChI=1S/C14H22ClNS/c1-4-8-17-10-14(16-5-2)12-7-6-11(3)13(15)9-12/h6-7,9,14,16H,4-5,8,10H2,1-3H3. The lowest BCUT2D eigenvalue weighted by molar-refractivity contribution is 0.606. The monoisotopic (exact) mass is 271 g/mol. The first-order chi connectivity index (χ1) is 8.19. The molecule has 0 radical (unpaired) electrons. The lowest BCUT2D eigenvalue weighted by Gasteiger charge is -2.18. The van der Waals surface area contributed by atoms with Crippen LogP contribution in [0.2, 0.25) is 5.02 Å². The first-order valence-electron chi connectivity index (χ1n) is 6.26. The summed E-state index contributed by atoms with van der Waals surface area (Å²) < 4.78 is 0. The molecular formula is C14H22ClNS. The Balaban J connectivity index is 2.70. The fourth-order valence-corrected chi connectivity index (χ4v) is 2.88. The van der Waals surface area contributed by atoms with Crippen molar-refractivity contribution in [2.24, 2.45) is 0 Å². The first kappa shape index (κ1) is 14.9. The van der Waals surface area contributed by atoms with Crippen LogP contribution >= 0.6 is 23.4 Å². The maximum atomic E-state index is 6.18. The van der Waals surface area contributed by atoms with Gasteiger partial charge in [-0.05, 0) is 42.8 Å². The summed E-state index contributed by atoms with van der Waals surface area (Å²) in [6.07, 6.45) is 1.23. The molecule has 0 saturated heterocycles. The van der Waals surface area contributed by atoms with Gasteiger partial charge in [-0.1, -0.05) is 37.6 Å². The highest BCUT2D eigenvalue weighted by atomic mass is 35.5. The normalized spacial score (nSPS) is 12.7. The Morgan fingerprint density at radius 2 is 2.12 bits per heavy atom. The van der Waals surface area contributed by atoms with Gasteiger partial charge in [0.15, 0.2) is 0 Å². The van der Waals surface area contributed by atoms with Gasteiger partial charge in [-0.15, -0.1) is 0 Å². The predicted molar refractivity (Wildman–Crippen MR) is 80.2 cm³/mol. The lowest BCUT2D eigenvalue weighted by Crippen LogP contribution is -2.23. The molecular weight excluding hydrogens is 250 g/mol. The van der Waals surface area contributed by atoms with E-state index in [1.165, 1.54) is 17.7 Å². The van der Waals surface area contributed by atoms with Gasteiger partial charge in [0.05, 0.1) is 0 Å². The van der Waals surface area contributed by atoms with Crippen molar-refractivity contribution in [2.75, 3.05) is 18.1 Å². The molecule has 1 rings (SSSR count). The molecule has 1 aromatic rings. The van der Waals surface area contributed by atoms with Gasteiger partial charge < -0.3 is 5.32 Å². The summed E-state index contributed by atoms with van der Waals surface area (Å²) in [6, 6.07) is 6.79. The maximum Gasteiger partial charge on any atom is 0.0438 e. The number of rotatable bonds is 7. The highest BCUT2D eigenvalue weighted by Gasteiger charge is 2.11. The predicted octanol–water partition coefficient (Wildman–Crippen LogP) is 4.44. The average molecular weight is 272 g/mol. The van der Waals surface area contributed by atoms with Crippen LogP contribution in [0.3, 0.4) is 0 Å². The smallest absolute Gasteiger partial charge is 0.0438 e. The second kappa shape index (κ2) is 8.02. The SMILES string of the molecule is CCCSCC(NCC)c1ccc(C)c(Cl)c1. The summed E-state index contributed by atoms with van der Waals surface area (Å²) in [4.78, 5) is 0. The molecule has 0 aromatic heterocycles. The molecule has 17 heavy (non-hydrogen) atoms. The minimum atomic E-state index is 0.412. The van der Waals surface area contributed by atoms with Gasteiger partial charge in [-0.3, -0.25) is 0 Å². The largest absolute Gasteiger partial charge is 0.310 e. The van der Waals surface area contributed by atoms with Crippen molar-refractivity contribution in [2.45, 2.75) is 33.2 Å². The van der Waals surface area contributed by atoms with Crippen LogP contribution in [0.25, 0.3) is 0 Å². The number of thioether (sulfide) groups is 1. The number of hydrogen-bond donors (Lipinski definition) is 1. The van der Waals surface area contributed by atoms with Crippen LogP contribution in [0.4, 0.5) is 0 Å². The number of hydrogen-bond acceptors (Lipinski definition) is 2. The quantitative estimate of drug-likeness (QED) is 0.736. The van der Waals surface area contributed by atoms with E-state index >= 15 is 0 Å². The van der Waals surface area contributed by atoms with E-state index in [0.717, 1.165) is 22.9 Å². The molecule has 0 fully saturated rings. The van der Waals surface area contributed by atoms with Crippen molar-refractivity contribution in [3.8, 4) is 0 Å². The summed E-state index contributed by atoms with van der Waals surface area (Å²) in [5, 5.41) is 4.39. The Kier molecular flexibility index (Phi) is 7.02. The molecule has 0 spiro atoms. The van der Waals surface area contributed by atoms with Crippen molar-refractivity contribution in [1.82, 2.24) is 5.32 Å². The molecule has 0 aliphatic carbocycles. The summed E-state index contributed by atoms with van der Waals surface area (Å²) in [5.41, 5.74) is 2.44. The summed E-state index contributed by atoms with van der Waals surface area (Å²) in [5.74, 6) is 2.34. The molecule has 0 amide bonds. The summed E-state index contributed by atoms with van der Waals surface area (Å²) >= 11 is 8.19. The van der Waals surface area contributed by atoms with Crippen molar-refractivity contribution in [3.05, 3.63) is 34.3 Å². The number of halogens is 1. The second-order valence-corrected chi connectivity index (χ2v) is 5.75. The third kappa shape index (κ3) is 4.90. The molecule has 3 heteroatoms. The highest BCUT2D eigenvalue weighted by Crippen LogP contribution is 2.24. The van der Waals surface area contributed by atoms with Gasteiger partial charge in [0.1, 0.15) is 0 Å². The Bertz CT molecular complexity index is 341. The van der Waals surface area contributed by atoms with E-state index in [4.69, 9.17) is 11.6 Å². The molecule has 0 aliphatic heterocycles. The van der Waals surface area contributed by atoms with Crippen molar-refractivity contribution >= 4 is 23.4 Å². The van der Waals surface area contributed by atoms with E-state index in [1.807, 2.05) is 18.7 Å². The van der Waals surface area contributed by atoms with Crippen molar-refractivity contribution < 1.29 is 0 Å². The second-order valence-electron chi connectivity index (χ2n) is 4.19. The molecule has 1 unspecified atom stereocenters. The van der Waals surface area contributed by atoms with Gasteiger partial charge in [-0.25, -0.2) is 0 Å². The minimum Gasteiger partial charge on any atom is -0.310 e. The molecule has 1 nitrogen and oxygen atoms in total. The van der Waals surface area contributed by atoms with Gasteiger partial charge in [0.2, 0.25) is 0 Å². The van der Waals surface area contributed by atoms with Gasteiger partial charge in [0, 0.05) is 16.8 Å². The lowest BCUT2D eigenvalue weighted by atomic mass is 10.1. The molecule has 1 N–H and O–H groups in total. The van der Waals surface area contributed by atoms with Crippen LogP contribution < -0.4 is 5.32 Å². The van der Waals surface area contributed by atoms with E-state index in [-0.39, 0.29) is 0 Å². The van der Waals surface area contributed by atoms with Crippen LogP contribution in [-0.2, 0) is 0 Å². The zero-order valence-electron chi connectivity index (χ0n) is 10.9. The van der Waals surface area contributed by atoms with E-state index in [1.54, 1.807) is 0 Å². The van der Waals surface area contributed by atoms with E-state index in [2.05, 4.69) is 37.4 Å². The van der Waals surface area contributed by atoms with Crippen LogP contribution in [0.5, 0.6) is 0 Å². The van der Waals surface area contributed by atoms with Crippen molar-refractivity contribution in [1.29, 1.82) is 0 Å². The Morgan fingerprint density at radius 1 is 1.35 bits per heavy atom. The summed E-state index contributed by atoms with van der Waals surface area (Å²) in [7, 11) is 0. The minimum absolute atomic E-state index is 0.412. The molecule has 1 aromatic carbocycles. The topological polar surface area (TPSA) is 12.0 Å². The zero-order valence-corrected chi connectivity index (χ0v) is 12.5. The molecule has 0 saturated carbocycles. The Hall–Kier alpha value is -0.180. The third-order valence-electron chi connectivity index (χ3n) is 2.68. The summed E-state index contributed by atoms with van der Waals surface area (Å²) in [6.45, 7) is 7.40. The van der Waals surface area contributed by atoms with E-state index < -0.39 is 0 Å². The van der Waals surface area contributed by atoms with Gasteiger partial charge in [0.25, 0.3) is 0 Å². The third-order valence-corrected chi connectivity index (χ3v) is 4.35. The molecule has 0 aliphatic rings. The zero-order chi connectivity index (χ0) is 12.7. The Morgan fingerprint density at radius 3 is 2.71 bits per heavy atom. The molecule has 0 heterocycles. The van der Waals surface area contributed by atoms with Crippen LogP contribution in [0.15, 0.2) is 18.2 Å². The average Bonchev–Trinajstić information content (AvgIpc) is 2.32. The number of nitrogens with one attached hydrogen (secondary N) is 1. The maximum absolute atomic E-state index is 6.18. The van der Waals surface area contributed by atoms with Crippen LogP contribution in [0, 0.1) is 6.92 Å². The molecule has 1 atom stereocenters. The van der Waals surface area contributed by atoms with Crippen LogP contribution in [0.1, 0.15) is 37.4 Å². The molecule has 0 bridgehead atoms. The highest BCUT2D eigenvalue weighted by molar-refractivity contribution is 7.99. The fraction of sp³-hybridized carbons (Fsp3) is 0.571. The first-order valence-corrected chi connectivity index (χ1v) is 7.79. The molecule has 96 valence electrons.